The van der Waals surface area contributed by atoms with E-state index in [1.165, 1.54) is 0 Å². The zero-order valence-corrected chi connectivity index (χ0v) is 13.9. The fourth-order valence-electron chi connectivity index (χ4n) is 2.05. The van der Waals surface area contributed by atoms with Crippen LogP contribution < -0.4 is 15.4 Å². The maximum absolute atomic E-state index is 12.2. The summed E-state index contributed by atoms with van der Waals surface area (Å²) in [4.78, 5) is 24.0. The van der Waals surface area contributed by atoms with Gasteiger partial charge < -0.3 is 15.4 Å². The van der Waals surface area contributed by atoms with Crippen molar-refractivity contribution in [2.75, 3.05) is 11.9 Å². The molecule has 0 aliphatic heterocycles. The van der Waals surface area contributed by atoms with Crippen molar-refractivity contribution in [2.45, 2.75) is 26.4 Å². The molecule has 2 rings (SSSR count). The average Bonchev–Trinajstić information content (AvgIpc) is 2.61. The number of hydrogen-bond donors (Lipinski definition) is 2. The Morgan fingerprint density at radius 1 is 1.04 bits per heavy atom. The van der Waals surface area contributed by atoms with Crippen LogP contribution in [-0.2, 0) is 4.79 Å². The minimum Gasteiger partial charge on any atom is -0.481 e. The molecule has 2 aromatic rings. The van der Waals surface area contributed by atoms with Gasteiger partial charge in [-0.25, -0.2) is 0 Å². The molecular formula is C19H22N2O3. The lowest BCUT2D eigenvalue weighted by Gasteiger charge is -2.14. The van der Waals surface area contributed by atoms with Gasteiger partial charge in [0.05, 0.1) is 0 Å². The highest BCUT2D eigenvalue weighted by Gasteiger charge is 2.15. The summed E-state index contributed by atoms with van der Waals surface area (Å²) >= 11 is 0. The summed E-state index contributed by atoms with van der Waals surface area (Å²) in [6.45, 7) is 4.33. The van der Waals surface area contributed by atoms with E-state index in [9.17, 15) is 9.59 Å². The molecule has 0 aliphatic carbocycles. The number of anilines is 1. The van der Waals surface area contributed by atoms with Gasteiger partial charge in [0.15, 0.2) is 6.10 Å². The summed E-state index contributed by atoms with van der Waals surface area (Å²) in [7, 11) is 0. The molecule has 0 saturated carbocycles. The molecule has 0 radical (unpaired) electrons. The summed E-state index contributed by atoms with van der Waals surface area (Å²) in [6.07, 6.45) is 0.263. The molecule has 0 aliphatic rings. The highest BCUT2D eigenvalue weighted by molar-refractivity contribution is 5.96. The van der Waals surface area contributed by atoms with Crippen LogP contribution in [0.5, 0.6) is 5.75 Å². The van der Waals surface area contributed by atoms with Crippen LogP contribution in [0.1, 0.15) is 30.6 Å². The third-order valence-electron chi connectivity index (χ3n) is 3.38. The molecule has 126 valence electrons. The number of amides is 2. The lowest BCUT2D eigenvalue weighted by molar-refractivity contribution is -0.122. The molecule has 0 bridgehead atoms. The van der Waals surface area contributed by atoms with Crippen molar-refractivity contribution in [3.05, 3.63) is 60.2 Å². The number of benzene rings is 2. The minimum atomic E-state index is -0.625. The second-order valence-electron chi connectivity index (χ2n) is 5.40. The van der Waals surface area contributed by atoms with Crippen LogP contribution in [-0.4, -0.2) is 24.5 Å². The quantitative estimate of drug-likeness (QED) is 0.821. The molecule has 1 unspecified atom stereocenters. The first-order valence-electron chi connectivity index (χ1n) is 8.01. The summed E-state index contributed by atoms with van der Waals surface area (Å²) in [5, 5.41) is 5.58. The average molecular weight is 326 g/mol. The molecule has 0 heterocycles. The Labute approximate surface area is 142 Å². The molecule has 0 saturated heterocycles. The van der Waals surface area contributed by atoms with E-state index in [0.29, 0.717) is 23.5 Å². The van der Waals surface area contributed by atoms with E-state index in [4.69, 9.17) is 4.74 Å². The topological polar surface area (TPSA) is 67.4 Å². The maximum atomic E-state index is 12.2. The summed E-state index contributed by atoms with van der Waals surface area (Å²) in [5.74, 6) is 0.278. The summed E-state index contributed by atoms with van der Waals surface area (Å²) < 4.78 is 5.58. The number of carbonyl (C=O) groups excluding carboxylic acids is 2. The second kappa shape index (κ2) is 8.72. The summed E-state index contributed by atoms with van der Waals surface area (Å²) in [5.41, 5.74) is 1.19. The van der Waals surface area contributed by atoms with Gasteiger partial charge >= 0.3 is 0 Å². The van der Waals surface area contributed by atoms with Gasteiger partial charge in [-0.2, -0.15) is 0 Å². The van der Waals surface area contributed by atoms with E-state index >= 15 is 0 Å². The molecule has 2 aromatic carbocycles. The predicted octanol–water partition coefficient (Wildman–Crippen LogP) is 3.23. The molecule has 5 heteroatoms. The Balaban J connectivity index is 1.90. The van der Waals surface area contributed by atoms with Gasteiger partial charge in [-0.15, -0.1) is 0 Å². The van der Waals surface area contributed by atoms with Gasteiger partial charge in [0.2, 0.25) is 0 Å². The maximum Gasteiger partial charge on any atom is 0.265 e. The van der Waals surface area contributed by atoms with Crippen LogP contribution >= 0.6 is 0 Å². The van der Waals surface area contributed by atoms with Gasteiger partial charge in [0.25, 0.3) is 11.8 Å². The molecule has 0 fully saturated rings. The molecule has 2 N–H and O–H groups in total. The van der Waals surface area contributed by atoms with Crippen LogP contribution in [0.3, 0.4) is 0 Å². The molecule has 5 nitrogen and oxygen atoms in total. The van der Waals surface area contributed by atoms with Crippen molar-refractivity contribution in [3.8, 4) is 5.75 Å². The molecule has 0 aromatic heterocycles. The number of rotatable bonds is 7. The predicted molar refractivity (Wildman–Crippen MR) is 94.2 cm³/mol. The number of para-hydroxylation sites is 1. The van der Waals surface area contributed by atoms with Crippen LogP contribution in [0, 0.1) is 0 Å². The lowest BCUT2D eigenvalue weighted by Crippen LogP contribution is -2.30. The third kappa shape index (κ3) is 5.12. The van der Waals surface area contributed by atoms with E-state index in [1.54, 1.807) is 43.3 Å². The van der Waals surface area contributed by atoms with Crippen molar-refractivity contribution in [1.82, 2.24) is 5.32 Å². The Morgan fingerprint density at radius 3 is 2.33 bits per heavy atom. The Hall–Kier alpha value is -2.82. The standard InChI is InChI=1S/C19H22N2O3/c1-3-13-20-19(23)15-9-11-16(12-10-15)21-18(22)14(2)24-17-7-5-4-6-8-17/h4-12,14H,3,13H2,1-2H3,(H,20,23)(H,21,22). The number of carbonyl (C=O) groups is 2. The molecule has 2 amide bonds. The first-order chi connectivity index (χ1) is 11.6. The Morgan fingerprint density at radius 2 is 1.71 bits per heavy atom. The minimum absolute atomic E-state index is 0.115. The smallest absolute Gasteiger partial charge is 0.265 e. The molecule has 24 heavy (non-hydrogen) atoms. The van der Waals surface area contributed by atoms with Gasteiger partial charge in [0, 0.05) is 17.8 Å². The number of nitrogens with one attached hydrogen (secondary N) is 2. The van der Waals surface area contributed by atoms with Crippen molar-refractivity contribution in [3.63, 3.8) is 0 Å². The largest absolute Gasteiger partial charge is 0.481 e. The van der Waals surface area contributed by atoms with E-state index < -0.39 is 6.10 Å². The van der Waals surface area contributed by atoms with Gasteiger partial charge in [-0.1, -0.05) is 25.1 Å². The van der Waals surface area contributed by atoms with Gasteiger partial charge in [0.1, 0.15) is 5.75 Å². The van der Waals surface area contributed by atoms with Crippen molar-refractivity contribution >= 4 is 17.5 Å². The zero-order chi connectivity index (χ0) is 17.4. The van der Waals surface area contributed by atoms with Crippen LogP contribution in [0.2, 0.25) is 0 Å². The monoisotopic (exact) mass is 326 g/mol. The van der Waals surface area contributed by atoms with E-state index in [1.807, 2.05) is 25.1 Å². The third-order valence-corrected chi connectivity index (χ3v) is 3.38. The second-order valence-corrected chi connectivity index (χ2v) is 5.40. The van der Waals surface area contributed by atoms with E-state index in [0.717, 1.165) is 6.42 Å². The Bertz CT molecular complexity index is 669. The van der Waals surface area contributed by atoms with Gasteiger partial charge in [-0.05, 0) is 49.7 Å². The molecule has 1 atom stereocenters. The normalized spacial score (nSPS) is 11.4. The fourth-order valence-corrected chi connectivity index (χ4v) is 2.05. The zero-order valence-electron chi connectivity index (χ0n) is 13.9. The molecular weight excluding hydrogens is 304 g/mol. The van der Waals surface area contributed by atoms with Crippen molar-refractivity contribution in [2.24, 2.45) is 0 Å². The Kier molecular flexibility index (Phi) is 6.37. The van der Waals surface area contributed by atoms with Gasteiger partial charge in [-0.3, -0.25) is 9.59 Å². The van der Waals surface area contributed by atoms with E-state index in [-0.39, 0.29) is 11.8 Å². The van der Waals surface area contributed by atoms with Crippen molar-refractivity contribution < 1.29 is 14.3 Å². The number of ether oxygens (including phenoxy) is 1. The van der Waals surface area contributed by atoms with Crippen LogP contribution in [0.4, 0.5) is 5.69 Å². The molecule has 0 spiro atoms. The lowest BCUT2D eigenvalue weighted by atomic mass is 10.2. The van der Waals surface area contributed by atoms with Crippen LogP contribution in [0.15, 0.2) is 54.6 Å². The highest BCUT2D eigenvalue weighted by atomic mass is 16.5. The van der Waals surface area contributed by atoms with Crippen molar-refractivity contribution in [1.29, 1.82) is 0 Å². The SMILES string of the molecule is CCCNC(=O)c1ccc(NC(=O)C(C)Oc2ccccc2)cc1. The first kappa shape index (κ1) is 17.5. The highest BCUT2D eigenvalue weighted by Crippen LogP contribution is 2.13. The fraction of sp³-hybridized carbons (Fsp3) is 0.263. The van der Waals surface area contributed by atoms with Crippen LogP contribution in [0.25, 0.3) is 0 Å². The van der Waals surface area contributed by atoms with E-state index in [2.05, 4.69) is 10.6 Å². The summed E-state index contributed by atoms with van der Waals surface area (Å²) in [6, 6.07) is 16.0. The number of hydrogen-bond acceptors (Lipinski definition) is 3. The first-order valence-corrected chi connectivity index (χ1v) is 8.01.